The van der Waals surface area contributed by atoms with Crippen molar-refractivity contribution in [1.82, 2.24) is 0 Å². The molecule has 28 heavy (non-hydrogen) atoms. The molecule has 2 aromatic carbocycles. The van der Waals surface area contributed by atoms with Gasteiger partial charge in [0.2, 0.25) is 0 Å². The van der Waals surface area contributed by atoms with Crippen molar-refractivity contribution in [3.8, 4) is 11.5 Å². The van der Waals surface area contributed by atoms with Gasteiger partial charge in [0.05, 0.1) is 7.11 Å². The molecule has 0 radical (unpaired) electrons. The maximum atomic E-state index is 10.9. The molecule has 1 N–H and O–H groups in total. The number of methoxy groups -OCH3 is 1. The summed E-state index contributed by atoms with van der Waals surface area (Å²) < 4.78 is 5.47. The second-order valence-electron chi connectivity index (χ2n) is 6.92. The monoisotopic (exact) mass is 499 g/mol. The predicted octanol–water partition coefficient (Wildman–Crippen LogP) is 6.71. The minimum absolute atomic E-state index is 0.268. The molecule has 0 unspecified atom stereocenters. The summed E-state index contributed by atoms with van der Waals surface area (Å²) in [7, 11) is 11.5. The van der Waals surface area contributed by atoms with E-state index >= 15 is 0 Å². The second-order valence-corrected chi connectivity index (χ2v) is 10.7. The number of hydrogen-bond donors (Lipinski definition) is 1. The molecule has 0 aliphatic heterocycles. The van der Waals surface area contributed by atoms with Crippen molar-refractivity contribution in [2.45, 2.75) is 52.0 Å². The van der Waals surface area contributed by atoms with Crippen LogP contribution >= 0.6 is 17.0 Å². The second kappa shape index (κ2) is 12.7. The Hall–Kier alpha value is -0.827. The number of phenolic OH excluding ortho intramolecular Hbond substituents is 1. The molecule has 0 fully saturated rings. The zero-order valence-electron chi connectivity index (χ0n) is 17.2. The van der Waals surface area contributed by atoms with Crippen molar-refractivity contribution < 1.29 is 30.7 Å². The van der Waals surface area contributed by atoms with Crippen LogP contribution in [0.25, 0.3) is 0 Å². The van der Waals surface area contributed by atoms with Gasteiger partial charge in [0.25, 0.3) is 0 Å². The van der Waals surface area contributed by atoms with E-state index in [1.54, 1.807) is 13.3 Å². The summed E-state index contributed by atoms with van der Waals surface area (Å²) in [6.07, 6.45) is 3.75. The van der Waals surface area contributed by atoms with Crippen LogP contribution in [0.4, 0.5) is 0 Å². The number of rotatable bonds is 7. The van der Waals surface area contributed by atoms with Crippen LogP contribution in [0.2, 0.25) is 0 Å². The van der Waals surface area contributed by atoms with Crippen LogP contribution in [0.5, 0.6) is 11.5 Å². The minimum atomic E-state index is -0.826. The summed E-state index contributed by atoms with van der Waals surface area (Å²) in [5.74, 6) is 0.993. The van der Waals surface area contributed by atoms with Crippen molar-refractivity contribution in [1.29, 1.82) is 0 Å². The Kier molecular flexibility index (Phi) is 11.4. The van der Waals surface area contributed by atoms with Gasteiger partial charge in [-0.2, -0.15) is 0 Å². The van der Waals surface area contributed by atoms with Crippen LogP contribution in [0.3, 0.4) is 0 Å². The van der Waals surface area contributed by atoms with Crippen LogP contribution < -0.4 is 4.74 Å². The molecule has 0 aliphatic rings. The van der Waals surface area contributed by atoms with E-state index in [-0.39, 0.29) is 17.2 Å². The Morgan fingerprint density at radius 3 is 2.21 bits per heavy atom. The molecule has 0 saturated heterocycles. The first-order valence-electron chi connectivity index (χ1n) is 9.32. The Bertz CT molecular complexity index is 748. The molecule has 0 amide bonds. The average Bonchev–Trinajstić information content (AvgIpc) is 2.71. The van der Waals surface area contributed by atoms with Gasteiger partial charge in [0.1, 0.15) is 11.5 Å². The molecule has 2 rings (SSSR count). The van der Waals surface area contributed by atoms with E-state index in [0.717, 1.165) is 29.7 Å². The summed E-state index contributed by atoms with van der Waals surface area (Å²) in [5, 5.41) is 10.9. The molecular formula is C22H29Cl2NO2Zr. The van der Waals surface area contributed by atoms with Crippen molar-refractivity contribution in [2.24, 2.45) is 4.99 Å². The number of aliphatic imine (C=N–C) groups is 1. The first kappa shape index (κ1) is 25.2. The van der Waals surface area contributed by atoms with E-state index in [1.807, 2.05) is 30.3 Å². The number of halogens is 2. The first-order chi connectivity index (χ1) is 13.3. The summed E-state index contributed by atoms with van der Waals surface area (Å²) in [6, 6.07) is 14.2. The molecule has 0 saturated carbocycles. The maximum absolute atomic E-state index is 10.9. The molecule has 0 spiro atoms. The number of hydrogen-bond acceptors (Lipinski definition) is 3. The van der Waals surface area contributed by atoms with Crippen LogP contribution in [0.1, 0.15) is 57.2 Å². The zero-order valence-corrected chi connectivity index (χ0v) is 21.1. The molecule has 2 aromatic rings. The third-order valence-corrected chi connectivity index (χ3v) is 4.88. The Morgan fingerprint density at radius 1 is 1.14 bits per heavy atom. The van der Waals surface area contributed by atoms with Gasteiger partial charge in [-0.15, -0.1) is 0 Å². The van der Waals surface area contributed by atoms with E-state index in [0.29, 0.717) is 5.56 Å². The standard InChI is InChI=1S/C22H29NO2.2ClH.Zr/c1-6-18(7-2)23-15-16-13-19(25-5)14-20(21(16)24)22(3,4)17-11-9-8-10-12-17;;;/h8-15,18,24H,6-7H2,1-5H3;2*1H;/q;;;+2/p-2. The molecule has 0 atom stereocenters. The number of phenols is 1. The Balaban J connectivity index is 0.00000122. The third kappa shape index (κ3) is 6.90. The third-order valence-electron chi connectivity index (χ3n) is 4.88. The van der Waals surface area contributed by atoms with Gasteiger partial charge in [0.15, 0.2) is 0 Å². The van der Waals surface area contributed by atoms with Gasteiger partial charge in [-0.25, -0.2) is 0 Å². The van der Waals surface area contributed by atoms with Gasteiger partial charge in [-0.3, -0.25) is 4.99 Å². The van der Waals surface area contributed by atoms with Gasteiger partial charge in [0, 0.05) is 28.8 Å². The van der Waals surface area contributed by atoms with Crippen molar-refractivity contribution >= 4 is 23.2 Å². The first-order valence-corrected chi connectivity index (χ1v) is 15.6. The van der Waals surface area contributed by atoms with E-state index < -0.39 is 20.8 Å². The SMILES string of the molecule is CCC(CC)N=Cc1cc(OC)cc(C(C)(C)c2ccccc2)c1O.[Cl][Zr][Cl]. The van der Waals surface area contributed by atoms with Gasteiger partial charge >= 0.3 is 37.9 Å². The fraction of sp³-hybridized carbons (Fsp3) is 0.409. The van der Waals surface area contributed by atoms with E-state index in [1.165, 1.54) is 0 Å². The molecule has 3 nitrogen and oxygen atoms in total. The van der Waals surface area contributed by atoms with E-state index in [2.05, 4.69) is 44.8 Å². The Morgan fingerprint density at radius 2 is 1.71 bits per heavy atom. The normalized spacial score (nSPS) is 11.3. The predicted molar refractivity (Wildman–Crippen MR) is 117 cm³/mol. The van der Waals surface area contributed by atoms with Gasteiger partial charge in [-0.1, -0.05) is 58.0 Å². The van der Waals surface area contributed by atoms with Crippen molar-refractivity contribution in [3.05, 3.63) is 59.2 Å². The van der Waals surface area contributed by atoms with Crippen LogP contribution in [0, 0.1) is 0 Å². The summed E-state index contributed by atoms with van der Waals surface area (Å²) in [6.45, 7) is 8.47. The van der Waals surface area contributed by atoms with E-state index in [4.69, 9.17) is 21.8 Å². The molecule has 0 bridgehead atoms. The van der Waals surface area contributed by atoms with Crippen LogP contribution in [-0.2, 0) is 26.3 Å². The molecule has 6 heteroatoms. The number of benzene rings is 2. The van der Waals surface area contributed by atoms with Crippen LogP contribution in [-0.4, -0.2) is 24.5 Å². The van der Waals surface area contributed by atoms with Crippen LogP contribution in [0.15, 0.2) is 47.5 Å². The summed E-state index contributed by atoms with van der Waals surface area (Å²) in [5.41, 5.74) is 2.33. The average molecular weight is 502 g/mol. The topological polar surface area (TPSA) is 41.8 Å². The zero-order chi connectivity index (χ0) is 21.2. The van der Waals surface area contributed by atoms with Crippen molar-refractivity contribution in [2.75, 3.05) is 7.11 Å². The number of ether oxygens (including phenoxy) is 1. The summed E-state index contributed by atoms with van der Waals surface area (Å²) >= 11 is -0.826. The quantitative estimate of drug-likeness (QED) is 0.429. The van der Waals surface area contributed by atoms with Gasteiger partial charge in [-0.05, 0) is 30.5 Å². The molecule has 152 valence electrons. The fourth-order valence-electron chi connectivity index (χ4n) is 3.02. The van der Waals surface area contributed by atoms with Gasteiger partial charge < -0.3 is 9.84 Å². The van der Waals surface area contributed by atoms with E-state index in [9.17, 15) is 5.11 Å². The number of nitrogens with zero attached hydrogens (tertiary/aromatic N) is 1. The molecular weight excluding hydrogens is 472 g/mol. The molecule has 0 aliphatic carbocycles. The molecule has 0 heterocycles. The van der Waals surface area contributed by atoms with Crippen molar-refractivity contribution in [3.63, 3.8) is 0 Å². The fourth-order valence-corrected chi connectivity index (χ4v) is 3.02. The summed E-state index contributed by atoms with van der Waals surface area (Å²) in [4.78, 5) is 4.62. The molecule has 0 aromatic heterocycles. The Labute approximate surface area is 187 Å². The number of aromatic hydroxyl groups is 1.